The number of carbonyl (C=O) groups excluding carboxylic acids is 1. The molecule has 0 aliphatic carbocycles. The normalized spacial score (nSPS) is 10.8. The van der Waals surface area contributed by atoms with E-state index < -0.39 is 0 Å². The van der Waals surface area contributed by atoms with Crippen LogP contribution in [0.5, 0.6) is 0 Å². The molecule has 0 spiro atoms. The predicted octanol–water partition coefficient (Wildman–Crippen LogP) is 2.31. The average molecular weight is 323 g/mol. The number of hydrogen-bond donors (Lipinski definition) is 1. The molecule has 2 aromatic heterocycles. The third-order valence-corrected chi connectivity index (χ3v) is 4.05. The van der Waals surface area contributed by atoms with Crippen LogP contribution in [0.1, 0.15) is 22.5 Å². The highest BCUT2D eigenvalue weighted by molar-refractivity contribution is 5.75. The molecule has 0 radical (unpaired) electrons. The number of benzene rings is 1. The van der Waals surface area contributed by atoms with E-state index in [1.165, 1.54) is 10.2 Å². The third kappa shape index (κ3) is 3.37. The lowest BCUT2D eigenvalue weighted by atomic mass is 10.2. The minimum absolute atomic E-state index is 0.0825. The van der Waals surface area contributed by atoms with Gasteiger partial charge in [-0.05, 0) is 50.1 Å². The molecule has 0 unspecified atom stereocenters. The Morgan fingerprint density at radius 2 is 2.04 bits per heavy atom. The summed E-state index contributed by atoms with van der Waals surface area (Å²) in [5.41, 5.74) is 5.77. The van der Waals surface area contributed by atoms with E-state index in [0.29, 0.717) is 6.54 Å². The Balaban J connectivity index is 1.73. The van der Waals surface area contributed by atoms with E-state index >= 15 is 0 Å². The fourth-order valence-corrected chi connectivity index (χ4v) is 2.89. The summed E-state index contributed by atoms with van der Waals surface area (Å²) in [5, 5.41) is 10.4. The van der Waals surface area contributed by atoms with Crippen LogP contribution in [-0.4, -0.2) is 25.5 Å². The molecule has 24 heavy (non-hydrogen) atoms. The average Bonchev–Trinajstić information content (AvgIpc) is 3.13. The van der Waals surface area contributed by atoms with Gasteiger partial charge in [-0.2, -0.15) is 0 Å². The summed E-state index contributed by atoms with van der Waals surface area (Å²) >= 11 is 0. The van der Waals surface area contributed by atoms with Gasteiger partial charge in [0.05, 0.1) is 6.20 Å². The largest absolute Gasteiger partial charge is 0.350 e. The Hall–Kier alpha value is -2.89. The quantitative estimate of drug-likeness (QED) is 0.783. The summed E-state index contributed by atoms with van der Waals surface area (Å²) in [6, 6.07) is 10.5. The molecule has 1 aromatic carbocycles. The Kier molecular flexibility index (Phi) is 4.46. The van der Waals surface area contributed by atoms with Gasteiger partial charge in [0.1, 0.15) is 6.54 Å². The minimum atomic E-state index is -0.0825. The lowest BCUT2D eigenvalue weighted by Gasteiger charge is -2.11. The second-order valence-electron chi connectivity index (χ2n) is 5.95. The molecule has 0 fully saturated rings. The van der Waals surface area contributed by atoms with Crippen molar-refractivity contribution in [2.75, 3.05) is 0 Å². The summed E-state index contributed by atoms with van der Waals surface area (Å²) in [7, 11) is 0. The highest BCUT2D eigenvalue weighted by Crippen LogP contribution is 2.21. The van der Waals surface area contributed by atoms with E-state index in [0.717, 1.165) is 22.6 Å². The lowest BCUT2D eigenvalue weighted by Crippen LogP contribution is -2.27. The van der Waals surface area contributed by atoms with Crippen molar-refractivity contribution in [3.05, 3.63) is 65.2 Å². The summed E-state index contributed by atoms with van der Waals surface area (Å²) in [4.78, 5) is 12.0. The van der Waals surface area contributed by atoms with Crippen LogP contribution in [0.3, 0.4) is 0 Å². The molecule has 3 rings (SSSR count). The number of aromatic nitrogens is 4. The maximum atomic E-state index is 12.0. The van der Waals surface area contributed by atoms with Gasteiger partial charge in [-0.15, -0.1) is 5.10 Å². The molecule has 3 aromatic rings. The number of amides is 1. The second kappa shape index (κ2) is 6.70. The van der Waals surface area contributed by atoms with Gasteiger partial charge < -0.3 is 9.88 Å². The molecule has 2 heterocycles. The molecule has 0 saturated heterocycles. The standard InChI is InChI=1S/C18H21N5O/c1-13-5-4-6-17(9-13)23-14(2)10-16(15(23)3)11-19-18(24)12-22-8-7-20-21-22/h4-10H,11-12H2,1-3H3,(H,19,24). The van der Waals surface area contributed by atoms with Gasteiger partial charge in [-0.3, -0.25) is 4.79 Å². The topological polar surface area (TPSA) is 64.7 Å². The first-order chi connectivity index (χ1) is 11.5. The van der Waals surface area contributed by atoms with Crippen LogP contribution >= 0.6 is 0 Å². The number of nitrogens with zero attached hydrogens (tertiary/aromatic N) is 4. The number of carbonyl (C=O) groups is 1. The molecule has 1 amide bonds. The lowest BCUT2D eigenvalue weighted by molar-refractivity contribution is -0.122. The van der Waals surface area contributed by atoms with Gasteiger partial charge in [-0.1, -0.05) is 17.3 Å². The van der Waals surface area contributed by atoms with Crippen molar-refractivity contribution in [2.24, 2.45) is 0 Å². The van der Waals surface area contributed by atoms with Crippen LogP contribution < -0.4 is 5.32 Å². The van der Waals surface area contributed by atoms with Crippen molar-refractivity contribution in [3.8, 4) is 5.69 Å². The van der Waals surface area contributed by atoms with Gasteiger partial charge in [-0.25, -0.2) is 4.68 Å². The predicted molar refractivity (Wildman–Crippen MR) is 91.8 cm³/mol. The number of hydrogen-bond acceptors (Lipinski definition) is 3. The Morgan fingerprint density at radius 1 is 1.21 bits per heavy atom. The van der Waals surface area contributed by atoms with E-state index in [4.69, 9.17) is 0 Å². The molecule has 6 heteroatoms. The van der Waals surface area contributed by atoms with E-state index in [1.807, 2.05) is 0 Å². The molecule has 0 atom stereocenters. The van der Waals surface area contributed by atoms with E-state index in [2.05, 4.69) is 71.3 Å². The molecule has 0 saturated carbocycles. The number of nitrogens with one attached hydrogen (secondary N) is 1. The molecular weight excluding hydrogens is 302 g/mol. The molecule has 0 aliphatic heterocycles. The van der Waals surface area contributed by atoms with E-state index in [1.54, 1.807) is 12.4 Å². The van der Waals surface area contributed by atoms with Crippen LogP contribution in [0.4, 0.5) is 0 Å². The summed E-state index contributed by atoms with van der Waals surface area (Å²) in [6.07, 6.45) is 3.23. The zero-order valence-electron chi connectivity index (χ0n) is 14.2. The molecule has 6 nitrogen and oxygen atoms in total. The first-order valence-electron chi connectivity index (χ1n) is 7.90. The molecular formula is C18H21N5O. The summed E-state index contributed by atoms with van der Waals surface area (Å²) in [5.74, 6) is -0.0825. The zero-order chi connectivity index (χ0) is 17.1. The van der Waals surface area contributed by atoms with Gasteiger partial charge in [0.25, 0.3) is 0 Å². The maximum Gasteiger partial charge on any atom is 0.242 e. The molecule has 124 valence electrons. The third-order valence-electron chi connectivity index (χ3n) is 4.05. The van der Waals surface area contributed by atoms with Crippen LogP contribution in [0.15, 0.2) is 42.7 Å². The van der Waals surface area contributed by atoms with Crippen molar-refractivity contribution in [1.82, 2.24) is 24.9 Å². The van der Waals surface area contributed by atoms with Gasteiger partial charge in [0, 0.05) is 29.8 Å². The van der Waals surface area contributed by atoms with Crippen molar-refractivity contribution in [3.63, 3.8) is 0 Å². The highest BCUT2D eigenvalue weighted by atomic mass is 16.2. The van der Waals surface area contributed by atoms with Crippen molar-refractivity contribution in [1.29, 1.82) is 0 Å². The minimum Gasteiger partial charge on any atom is -0.350 e. The van der Waals surface area contributed by atoms with Gasteiger partial charge in [0.2, 0.25) is 5.91 Å². The Labute approximate surface area is 141 Å². The SMILES string of the molecule is Cc1cccc(-n2c(C)cc(CNC(=O)Cn3ccnn3)c2C)c1. The smallest absolute Gasteiger partial charge is 0.242 e. The first kappa shape index (κ1) is 16.0. The van der Waals surface area contributed by atoms with Gasteiger partial charge >= 0.3 is 0 Å². The summed E-state index contributed by atoms with van der Waals surface area (Å²) in [6.45, 7) is 6.92. The summed E-state index contributed by atoms with van der Waals surface area (Å²) < 4.78 is 3.72. The Bertz CT molecular complexity index is 848. The van der Waals surface area contributed by atoms with Crippen molar-refractivity contribution >= 4 is 5.91 Å². The fourth-order valence-electron chi connectivity index (χ4n) is 2.89. The van der Waals surface area contributed by atoms with E-state index in [9.17, 15) is 4.79 Å². The zero-order valence-corrected chi connectivity index (χ0v) is 14.2. The monoisotopic (exact) mass is 323 g/mol. The number of rotatable bonds is 5. The Morgan fingerprint density at radius 3 is 2.75 bits per heavy atom. The van der Waals surface area contributed by atoms with Gasteiger partial charge in [0.15, 0.2) is 0 Å². The second-order valence-corrected chi connectivity index (χ2v) is 5.95. The van der Waals surface area contributed by atoms with Crippen LogP contribution in [0.25, 0.3) is 5.69 Å². The molecule has 0 aliphatic rings. The highest BCUT2D eigenvalue weighted by Gasteiger charge is 2.12. The van der Waals surface area contributed by atoms with Crippen LogP contribution in [0.2, 0.25) is 0 Å². The maximum absolute atomic E-state index is 12.0. The van der Waals surface area contributed by atoms with Crippen molar-refractivity contribution < 1.29 is 4.79 Å². The fraction of sp³-hybridized carbons (Fsp3) is 0.278. The number of aryl methyl sites for hydroxylation is 2. The van der Waals surface area contributed by atoms with Crippen molar-refractivity contribution in [2.45, 2.75) is 33.9 Å². The molecule has 1 N–H and O–H groups in total. The van der Waals surface area contributed by atoms with Crippen LogP contribution in [-0.2, 0) is 17.9 Å². The molecule has 0 bridgehead atoms. The first-order valence-corrected chi connectivity index (χ1v) is 7.90. The van der Waals surface area contributed by atoms with E-state index in [-0.39, 0.29) is 12.5 Å². The van der Waals surface area contributed by atoms with Crippen LogP contribution in [0, 0.1) is 20.8 Å².